The van der Waals surface area contributed by atoms with E-state index in [4.69, 9.17) is 16.1 Å². The zero-order valence-electron chi connectivity index (χ0n) is 12.4. The van der Waals surface area contributed by atoms with E-state index in [1.165, 1.54) is 6.42 Å². The van der Waals surface area contributed by atoms with E-state index in [0.717, 1.165) is 23.6 Å². The second-order valence-electron chi connectivity index (χ2n) is 6.33. The van der Waals surface area contributed by atoms with Gasteiger partial charge < -0.3 is 9.84 Å². The van der Waals surface area contributed by atoms with Gasteiger partial charge in [-0.1, -0.05) is 42.7 Å². The highest BCUT2D eigenvalue weighted by atomic mass is 35.5. The molecule has 1 aliphatic rings. The summed E-state index contributed by atoms with van der Waals surface area (Å²) in [5, 5.41) is 8.34. The van der Waals surface area contributed by atoms with Gasteiger partial charge in [0, 0.05) is 11.4 Å². The summed E-state index contributed by atoms with van der Waals surface area (Å²) in [6.45, 7) is 5.48. The number of nitrogens with zero attached hydrogens (tertiary/aromatic N) is 2. The van der Waals surface area contributed by atoms with Crippen LogP contribution in [0.2, 0.25) is 5.02 Å². The van der Waals surface area contributed by atoms with Crippen molar-refractivity contribution in [2.24, 2.45) is 5.41 Å². The van der Waals surface area contributed by atoms with Gasteiger partial charge in [-0.3, -0.25) is 0 Å². The predicted octanol–water partition coefficient (Wildman–Crippen LogP) is 3.76. The Balaban J connectivity index is 1.77. The number of hydrogen-bond donors (Lipinski definition) is 1. The van der Waals surface area contributed by atoms with Crippen LogP contribution in [-0.4, -0.2) is 16.7 Å². The van der Waals surface area contributed by atoms with Gasteiger partial charge >= 0.3 is 0 Å². The van der Waals surface area contributed by atoms with Gasteiger partial charge in [0.25, 0.3) is 0 Å². The number of nitrogens with one attached hydrogen (secondary N) is 1. The first-order chi connectivity index (χ1) is 10.0. The molecule has 2 aromatic rings. The van der Waals surface area contributed by atoms with Gasteiger partial charge in [0.2, 0.25) is 5.89 Å². The molecule has 1 aliphatic heterocycles. The zero-order valence-corrected chi connectivity index (χ0v) is 13.2. The third-order valence-corrected chi connectivity index (χ3v) is 4.34. The first kappa shape index (κ1) is 14.5. The summed E-state index contributed by atoms with van der Waals surface area (Å²) in [6.07, 6.45) is 2.99. The number of hydrogen-bond acceptors (Lipinski definition) is 4. The Morgan fingerprint density at radius 1 is 1.43 bits per heavy atom. The van der Waals surface area contributed by atoms with Crippen LogP contribution in [-0.2, 0) is 6.42 Å². The van der Waals surface area contributed by atoms with Gasteiger partial charge in [-0.25, -0.2) is 0 Å². The molecule has 0 saturated carbocycles. The molecule has 0 bridgehead atoms. The average Bonchev–Trinajstić information content (AvgIpc) is 2.86. The topological polar surface area (TPSA) is 51.0 Å². The lowest BCUT2D eigenvalue weighted by molar-refractivity contribution is 0.146. The molecule has 0 radical (unpaired) electrons. The van der Waals surface area contributed by atoms with Crippen molar-refractivity contribution >= 4 is 11.6 Å². The molecule has 1 fully saturated rings. The highest BCUT2D eigenvalue weighted by Crippen LogP contribution is 2.39. The molecule has 1 N–H and O–H groups in total. The highest BCUT2D eigenvalue weighted by molar-refractivity contribution is 6.30. The number of rotatable bonds is 3. The summed E-state index contributed by atoms with van der Waals surface area (Å²) in [6, 6.07) is 7.88. The van der Waals surface area contributed by atoms with Crippen LogP contribution >= 0.6 is 11.6 Å². The molecule has 0 amide bonds. The van der Waals surface area contributed by atoms with Crippen LogP contribution in [0.4, 0.5) is 0 Å². The Hall–Kier alpha value is -1.39. The van der Waals surface area contributed by atoms with Crippen molar-refractivity contribution in [2.45, 2.75) is 39.2 Å². The van der Waals surface area contributed by atoms with E-state index < -0.39 is 0 Å². The van der Waals surface area contributed by atoms with E-state index in [1.54, 1.807) is 0 Å². The molecule has 1 aromatic carbocycles. The monoisotopic (exact) mass is 305 g/mol. The summed E-state index contributed by atoms with van der Waals surface area (Å²) in [4.78, 5) is 4.57. The van der Waals surface area contributed by atoms with Crippen molar-refractivity contribution in [2.75, 3.05) is 6.54 Å². The number of halogens is 1. The first-order valence-corrected chi connectivity index (χ1v) is 7.73. The molecule has 1 unspecified atom stereocenters. The standard InChI is InChI=1S/C16H20ClN3O/c1-16(2)7-4-8-18-14(16)15-19-13(20-21-15)10-11-5-3-6-12(17)9-11/h3,5-6,9,14,18H,4,7-8,10H2,1-2H3. The van der Waals surface area contributed by atoms with E-state index in [9.17, 15) is 0 Å². The second-order valence-corrected chi connectivity index (χ2v) is 6.77. The normalized spacial score (nSPS) is 21.4. The Labute approximate surface area is 129 Å². The van der Waals surface area contributed by atoms with Gasteiger partial charge in [0.05, 0.1) is 6.04 Å². The maximum Gasteiger partial charge on any atom is 0.244 e. The smallest absolute Gasteiger partial charge is 0.244 e. The lowest BCUT2D eigenvalue weighted by Crippen LogP contribution is -2.39. The average molecular weight is 306 g/mol. The van der Waals surface area contributed by atoms with Crippen LogP contribution in [0.3, 0.4) is 0 Å². The van der Waals surface area contributed by atoms with E-state index in [-0.39, 0.29) is 11.5 Å². The molecule has 5 heteroatoms. The molecule has 0 spiro atoms. The molecule has 112 valence electrons. The highest BCUT2D eigenvalue weighted by Gasteiger charge is 2.36. The van der Waals surface area contributed by atoms with Crippen LogP contribution < -0.4 is 5.32 Å². The first-order valence-electron chi connectivity index (χ1n) is 7.35. The van der Waals surface area contributed by atoms with Crippen molar-refractivity contribution in [3.05, 3.63) is 46.6 Å². The van der Waals surface area contributed by atoms with Gasteiger partial charge in [-0.15, -0.1) is 0 Å². The van der Waals surface area contributed by atoms with Crippen molar-refractivity contribution in [3.63, 3.8) is 0 Å². The Morgan fingerprint density at radius 2 is 2.29 bits per heavy atom. The number of benzene rings is 1. The van der Waals surface area contributed by atoms with E-state index in [2.05, 4.69) is 29.3 Å². The summed E-state index contributed by atoms with van der Waals surface area (Å²) in [7, 11) is 0. The Kier molecular flexibility index (Phi) is 4.00. The zero-order chi connectivity index (χ0) is 14.9. The lowest BCUT2D eigenvalue weighted by atomic mass is 9.77. The molecule has 1 aromatic heterocycles. The fourth-order valence-electron chi connectivity index (χ4n) is 2.92. The van der Waals surface area contributed by atoms with Crippen molar-refractivity contribution in [1.82, 2.24) is 15.5 Å². The predicted molar refractivity (Wildman–Crippen MR) is 82.3 cm³/mol. The van der Waals surface area contributed by atoms with Gasteiger partial charge in [0.15, 0.2) is 5.82 Å². The lowest BCUT2D eigenvalue weighted by Gasteiger charge is -2.36. The molecule has 4 nitrogen and oxygen atoms in total. The fourth-order valence-corrected chi connectivity index (χ4v) is 3.13. The second kappa shape index (κ2) is 5.78. The summed E-state index contributed by atoms with van der Waals surface area (Å²) in [5.41, 5.74) is 1.23. The molecule has 1 saturated heterocycles. The van der Waals surface area contributed by atoms with E-state index in [0.29, 0.717) is 18.1 Å². The Morgan fingerprint density at radius 3 is 3.05 bits per heavy atom. The SMILES string of the molecule is CC1(C)CCCNC1c1nc(Cc2cccc(Cl)c2)no1. The molecule has 3 rings (SSSR count). The maximum absolute atomic E-state index is 6.00. The van der Waals surface area contributed by atoms with Crippen molar-refractivity contribution in [3.8, 4) is 0 Å². The molecule has 0 aliphatic carbocycles. The summed E-state index contributed by atoms with van der Waals surface area (Å²) >= 11 is 6.00. The van der Waals surface area contributed by atoms with E-state index in [1.807, 2.05) is 24.3 Å². The minimum absolute atomic E-state index is 0.131. The molecule has 21 heavy (non-hydrogen) atoms. The van der Waals surface area contributed by atoms with Gasteiger partial charge in [-0.2, -0.15) is 4.98 Å². The molecule has 1 atom stereocenters. The maximum atomic E-state index is 6.00. The number of aromatic nitrogens is 2. The largest absolute Gasteiger partial charge is 0.338 e. The van der Waals surface area contributed by atoms with Gasteiger partial charge in [0.1, 0.15) is 0 Å². The van der Waals surface area contributed by atoms with Crippen LogP contribution in [0.25, 0.3) is 0 Å². The minimum atomic E-state index is 0.131. The van der Waals surface area contributed by atoms with Crippen LogP contribution in [0.1, 0.15) is 50.0 Å². The quantitative estimate of drug-likeness (QED) is 0.938. The van der Waals surface area contributed by atoms with Gasteiger partial charge in [-0.05, 0) is 42.5 Å². The summed E-state index contributed by atoms with van der Waals surface area (Å²) < 4.78 is 5.49. The van der Waals surface area contributed by atoms with Crippen LogP contribution in [0, 0.1) is 5.41 Å². The van der Waals surface area contributed by atoms with Crippen molar-refractivity contribution < 1.29 is 4.52 Å². The fraction of sp³-hybridized carbons (Fsp3) is 0.500. The molecular weight excluding hydrogens is 286 g/mol. The molecule has 2 heterocycles. The molecular formula is C16H20ClN3O. The third kappa shape index (κ3) is 3.27. The van der Waals surface area contributed by atoms with Crippen molar-refractivity contribution in [1.29, 1.82) is 0 Å². The minimum Gasteiger partial charge on any atom is -0.338 e. The number of piperidine rings is 1. The van der Waals surface area contributed by atoms with E-state index >= 15 is 0 Å². The Bertz CT molecular complexity index is 623. The van der Waals surface area contributed by atoms with Crippen LogP contribution in [0.5, 0.6) is 0 Å². The third-order valence-electron chi connectivity index (χ3n) is 4.11. The van der Waals surface area contributed by atoms with Crippen LogP contribution in [0.15, 0.2) is 28.8 Å². The summed E-state index contributed by atoms with van der Waals surface area (Å²) in [5.74, 6) is 1.40.